The van der Waals surface area contributed by atoms with Crippen LogP contribution in [-0.2, 0) is 12.8 Å². The van der Waals surface area contributed by atoms with Crippen molar-refractivity contribution < 1.29 is 4.79 Å². The molecule has 2 atom stereocenters. The predicted molar refractivity (Wildman–Crippen MR) is 103 cm³/mol. The van der Waals surface area contributed by atoms with Crippen molar-refractivity contribution in [3.8, 4) is 5.82 Å². The van der Waals surface area contributed by atoms with E-state index in [1.807, 2.05) is 0 Å². The topological polar surface area (TPSA) is 60.7 Å². The first-order valence-corrected chi connectivity index (χ1v) is 9.65. The molecular formula is C20H27ClN4O. The van der Waals surface area contributed by atoms with Crippen LogP contribution >= 0.6 is 11.6 Å². The summed E-state index contributed by atoms with van der Waals surface area (Å²) in [4.78, 5) is 12.8. The van der Waals surface area contributed by atoms with E-state index < -0.39 is 0 Å². The Morgan fingerprint density at radius 1 is 1.27 bits per heavy atom. The molecule has 0 spiro atoms. The van der Waals surface area contributed by atoms with Crippen molar-refractivity contribution in [2.75, 3.05) is 0 Å². The number of halogens is 1. The predicted octanol–water partition coefficient (Wildman–Crippen LogP) is 4.70. The van der Waals surface area contributed by atoms with Crippen molar-refractivity contribution in [3.63, 3.8) is 0 Å². The second-order valence-corrected chi connectivity index (χ2v) is 9.29. The average Bonchev–Trinajstić information content (AvgIpc) is 2.84. The lowest BCUT2D eigenvalue weighted by atomic mass is 9.81. The number of hydrogen-bond acceptors (Lipinski definition) is 4. The second-order valence-electron chi connectivity index (χ2n) is 8.91. The van der Waals surface area contributed by atoms with Gasteiger partial charge in [0, 0.05) is 6.42 Å². The summed E-state index contributed by atoms with van der Waals surface area (Å²) in [6, 6.07) is 3.50. The summed E-state index contributed by atoms with van der Waals surface area (Å²) in [5.41, 5.74) is 2.91. The number of nitrogens with zero attached hydrogens (tertiary/aromatic N) is 4. The van der Waals surface area contributed by atoms with Gasteiger partial charge >= 0.3 is 0 Å². The second kappa shape index (κ2) is 7.10. The first-order valence-electron chi connectivity index (χ1n) is 9.27. The number of aromatic nitrogens is 4. The molecule has 0 aliphatic heterocycles. The van der Waals surface area contributed by atoms with Gasteiger partial charge in [-0.3, -0.25) is 4.79 Å². The Morgan fingerprint density at radius 2 is 2.00 bits per heavy atom. The Kier molecular flexibility index (Phi) is 5.20. The monoisotopic (exact) mass is 374 g/mol. The Bertz CT molecular complexity index is 804. The first kappa shape index (κ1) is 19.0. The molecule has 0 saturated heterocycles. The Hall–Kier alpha value is -1.75. The molecule has 6 heteroatoms. The smallest absolute Gasteiger partial charge is 0.176 e. The summed E-state index contributed by atoms with van der Waals surface area (Å²) in [6.07, 6.45) is 3.30. The minimum atomic E-state index is 0.199. The number of Topliss-reactive ketones (excluding diaryl/α,β-unsaturated/α-hetero) is 1. The van der Waals surface area contributed by atoms with Crippen molar-refractivity contribution in [3.05, 3.63) is 34.2 Å². The number of ketones is 1. The Morgan fingerprint density at radius 3 is 2.62 bits per heavy atom. The maximum atomic E-state index is 12.8. The first-order chi connectivity index (χ1) is 12.1. The zero-order chi connectivity index (χ0) is 19.1. The van der Waals surface area contributed by atoms with Crippen molar-refractivity contribution in [2.24, 2.45) is 17.3 Å². The Balaban J connectivity index is 2.01. The lowest BCUT2D eigenvalue weighted by Crippen LogP contribution is -2.21. The molecule has 0 fully saturated rings. The molecular weight excluding hydrogens is 348 g/mol. The zero-order valence-corrected chi connectivity index (χ0v) is 17.0. The fourth-order valence-corrected chi connectivity index (χ4v) is 4.14. The molecule has 1 aliphatic rings. The minimum Gasteiger partial charge on any atom is -0.294 e. The molecule has 140 valence electrons. The van der Waals surface area contributed by atoms with Crippen LogP contribution in [0.1, 0.15) is 69.2 Å². The van der Waals surface area contributed by atoms with E-state index in [1.165, 1.54) is 0 Å². The molecule has 1 aliphatic carbocycles. The number of hydrogen-bond donors (Lipinski definition) is 0. The third kappa shape index (κ3) is 4.14. The molecule has 26 heavy (non-hydrogen) atoms. The van der Waals surface area contributed by atoms with Gasteiger partial charge in [0.05, 0.1) is 17.0 Å². The third-order valence-electron chi connectivity index (χ3n) is 4.75. The van der Waals surface area contributed by atoms with Crippen LogP contribution in [0.5, 0.6) is 0 Å². The van der Waals surface area contributed by atoms with Gasteiger partial charge in [-0.1, -0.05) is 46.2 Å². The molecule has 2 aromatic heterocycles. The third-order valence-corrected chi connectivity index (χ3v) is 4.95. The van der Waals surface area contributed by atoms with E-state index in [2.05, 4.69) is 44.8 Å². The van der Waals surface area contributed by atoms with Gasteiger partial charge in [-0.05, 0) is 48.6 Å². The molecule has 3 rings (SSSR count). The lowest BCUT2D eigenvalue weighted by Gasteiger charge is -2.23. The molecule has 2 unspecified atom stereocenters. The summed E-state index contributed by atoms with van der Waals surface area (Å²) in [7, 11) is 0. The fourth-order valence-electron chi connectivity index (χ4n) is 4.04. The number of fused-ring (bicyclic) bond motifs is 1. The van der Waals surface area contributed by atoms with Crippen molar-refractivity contribution in [2.45, 2.75) is 60.3 Å². The highest BCUT2D eigenvalue weighted by Crippen LogP contribution is 2.32. The molecule has 2 aromatic rings. The normalized spacial score (nSPS) is 18.7. The van der Waals surface area contributed by atoms with Gasteiger partial charge in [0.15, 0.2) is 16.8 Å². The highest BCUT2D eigenvalue weighted by Gasteiger charge is 2.32. The molecule has 0 radical (unpaired) electrons. The van der Waals surface area contributed by atoms with Crippen LogP contribution in [0.2, 0.25) is 5.15 Å². The summed E-state index contributed by atoms with van der Waals surface area (Å²) >= 11 is 5.87. The summed E-state index contributed by atoms with van der Waals surface area (Å²) in [5, 5.41) is 13.2. The van der Waals surface area contributed by atoms with Gasteiger partial charge in [-0.2, -0.15) is 5.10 Å². The summed E-state index contributed by atoms with van der Waals surface area (Å²) in [5.74, 6) is 1.57. The van der Waals surface area contributed by atoms with Crippen molar-refractivity contribution in [1.29, 1.82) is 0 Å². The zero-order valence-electron chi connectivity index (χ0n) is 16.2. The largest absolute Gasteiger partial charge is 0.294 e. The van der Waals surface area contributed by atoms with E-state index in [9.17, 15) is 4.79 Å². The average molecular weight is 375 g/mol. The number of rotatable bonds is 4. The standard InChI is InChI=1S/C20H27ClN4O/c1-12-9-15-19(16(26)10-12)14(8-13(2)11-20(3,4)5)24-25(15)18-7-6-17(21)22-23-18/h6-7,12-13H,8-11H2,1-5H3. The molecule has 0 N–H and O–H groups in total. The highest BCUT2D eigenvalue weighted by molar-refractivity contribution is 6.29. The van der Waals surface area contributed by atoms with Gasteiger partial charge in [-0.15, -0.1) is 10.2 Å². The molecule has 5 nitrogen and oxygen atoms in total. The fraction of sp³-hybridized carbons (Fsp3) is 0.600. The van der Waals surface area contributed by atoms with Crippen molar-refractivity contribution in [1.82, 2.24) is 20.0 Å². The van der Waals surface area contributed by atoms with Gasteiger partial charge in [-0.25, -0.2) is 4.68 Å². The number of carbonyl (C=O) groups excluding carboxylic acids is 1. The lowest BCUT2D eigenvalue weighted by molar-refractivity contribution is 0.0951. The van der Waals surface area contributed by atoms with Gasteiger partial charge < -0.3 is 0 Å². The van der Waals surface area contributed by atoms with E-state index in [4.69, 9.17) is 16.7 Å². The highest BCUT2D eigenvalue weighted by atomic mass is 35.5. The van der Waals surface area contributed by atoms with E-state index in [-0.39, 0.29) is 11.2 Å². The molecule has 0 amide bonds. The molecule has 0 aromatic carbocycles. The van der Waals surface area contributed by atoms with Crippen molar-refractivity contribution >= 4 is 17.4 Å². The molecule has 0 saturated carbocycles. The van der Waals surface area contributed by atoms with Gasteiger partial charge in [0.1, 0.15) is 0 Å². The van der Waals surface area contributed by atoms with E-state index in [0.29, 0.717) is 29.2 Å². The van der Waals surface area contributed by atoms with Gasteiger partial charge in [0.2, 0.25) is 0 Å². The van der Waals surface area contributed by atoms with Crippen LogP contribution in [-0.4, -0.2) is 25.8 Å². The molecule has 2 heterocycles. The SMILES string of the molecule is CC1CC(=O)c2c(CC(C)CC(C)(C)C)nn(-c3ccc(Cl)nn3)c2C1. The van der Waals surface area contributed by atoms with Crippen LogP contribution < -0.4 is 0 Å². The minimum absolute atomic E-state index is 0.199. The van der Waals surface area contributed by atoms with E-state index >= 15 is 0 Å². The Labute approximate surface area is 160 Å². The quantitative estimate of drug-likeness (QED) is 0.778. The van der Waals surface area contributed by atoms with E-state index in [0.717, 1.165) is 36.2 Å². The van der Waals surface area contributed by atoms with Crippen LogP contribution in [0, 0.1) is 17.3 Å². The van der Waals surface area contributed by atoms with Gasteiger partial charge in [0.25, 0.3) is 0 Å². The number of carbonyl (C=O) groups is 1. The maximum Gasteiger partial charge on any atom is 0.176 e. The van der Waals surface area contributed by atoms with Crippen LogP contribution in [0.4, 0.5) is 0 Å². The van der Waals surface area contributed by atoms with Crippen LogP contribution in [0.15, 0.2) is 12.1 Å². The summed E-state index contributed by atoms with van der Waals surface area (Å²) < 4.78 is 1.80. The van der Waals surface area contributed by atoms with Crippen LogP contribution in [0.3, 0.4) is 0 Å². The summed E-state index contributed by atoms with van der Waals surface area (Å²) in [6.45, 7) is 11.1. The van der Waals surface area contributed by atoms with Crippen LogP contribution in [0.25, 0.3) is 5.82 Å². The molecule has 0 bridgehead atoms. The maximum absolute atomic E-state index is 12.8. The van der Waals surface area contributed by atoms with E-state index in [1.54, 1.807) is 16.8 Å².